The molecule has 3 aromatic carbocycles. The summed E-state index contributed by atoms with van der Waals surface area (Å²) < 4.78 is 22.1. The van der Waals surface area contributed by atoms with Crippen LogP contribution < -0.4 is 19.1 Å². The lowest BCUT2D eigenvalue weighted by Crippen LogP contribution is -2.31. The number of nitrogens with zero attached hydrogens (tertiary/aromatic N) is 1. The fraction of sp³-hybridized carbons (Fsp3) is 0.226. The molecule has 0 atom stereocenters. The lowest BCUT2D eigenvalue weighted by Gasteiger charge is -2.31. The Morgan fingerprint density at radius 2 is 1.76 bits per heavy atom. The maximum atomic E-state index is 13.9. The van der Waals surface area contributed by atoms with Crippen molar-refractivity contribution in [1.82, 2.24) is 0 Å². The average Bonchev–Trinajstić information content (AvgIpc) is 2.93. The van der Waals surface area contributed by atoms with Crippen molar-refractivity contribution in [2.45, 2.75) is 26.0 Å². The van der Waals surface area contributed by atoms with Crippen LogP contribution in [0.3, 0.4) is 0 Å². The number of benzene rings is 3. The van der Waals surface area contributed by atoms with Crippen LogP contribution in [0.25, 0.3) is 12.2 Å². The highest BCUT2D eigenvalue weighted by Gasteiger charge is 2.28. The first kappa shape index (κ1) is 26.5. The van der Waals surface area contributed by atoms with E-state index in [2.05, 4.69) is 0 Å². The molecule has 0 aliphatic carbocycles. The minimum Gasteiger partial charge on any atom is -0.497 e. The van der Waals surface area contributed by atoms with E-state index in [4.69, 9.17) is 18.9 Å². The smallest absolute Gasteiger partial charge is 0.330 e. The van der Waals surface area contributed by atoms with E-state index in [1.54, 1.807) is 49.5 Å². The molecule has 1 aliphatic heterocycles. The number of ether oxygens (including phenoxy) is 4. The van der Waals surface area contributed by atoms with Gasteiger partial charge in [0.05, 0.1) is 27.9 Å². The SMILES string of the molecule is COC(=O)/C=C/c1cccc(N(Cc2ccc3c(c2OC)OC(C)(C)C=C3)C(=O)c2cccc(OC)c2)c1. The molecule has 0 saturated carbocycles. The second-order valence-corrected chi connectivity index (χ2v) is 9.29. The molecule has 0 bridgehead atoms. The van der Waals surface area contributed by atoms with Crippen LogP contribution in [-0.4, -0.2) is 38.8 Å². The largest absolute Gasteiger partial charge is 0.497 e. The lowest BCUT2D eigenvalue weighted by atomic mass is 9.99. The average molecular weight is 514 g/mol. The van der Waals surface area contributed by atoms with Gasteiger partial charge in [-0.25, -0.2) is 4.79 Å². The number of carbonyl (C=O) groups is 2. The van der Waals surface area contributed by atoms with E-state index in [9.17, 15) is 9.59 Å². The number of methoxy groups -OCH3 is 3. The van der Waals surface area contributed by atoms with Gasteiger partial charge in [-0.15, -0.1) is 0 Å². The van der Waals surface area contributed by atoms with Gasteiger partial charge in [-0.1, -0.05) is 36.4 Å². The first-order valence-corrected chi connectivity index (χ1v) is 12.1. The lowest BCUT2D eigenvalue weighted by molar-refractivity contribution is -0.134. The number of fused-ring (bicyclic) bond motifs is 1. The Labute approximate surface area is 222 Å². The fourth-order valence-corrected chi connectivity index (χ4v) is 4.18. The number of esters is 1. The summed E-state index contributed by atoms with van der Waals surface area (Å²) in [7, 11) is 4.48. The summed E-state index contributed by atoms with van der Waals surface area (Å²) >= 11 is 0. The summed E-state index contributed by atoms with van der Waals surface area (Å²) in [6, 6.07) is 18.3. The van der Waals surface area contributed by atoms with Crippen molar-refractivity contribution in [3.63, 3.8) is 0 Å². The molecule has 7 nitrogen and oxygen atoms in total. The summed E-state index contributed by atoms with van der Waals surface area (Å²) in [5, 5.41) is 0. The Morgan fingerprint density at radius 1 is 0.974 bits per heavy atom. The number of carbonyl (C=O) groups excluding carboxylic acids is 2. The Kier molecular flexibility index (Phi) is 7.86. The van der Waals surface area contributed by atoms with E-state index >= 15 is 0 Å². The van der Waals surface area contributed by atoms with E-state index in [-0.39, 0.29) is 12.5 Å². The zero-order valence-electron chi connectivity index (χ0n) is 22.2. The molecule has 0 aromatic heterocycles. The highest BCUT2D eigenvalue weighted by molar-refractivity contribution is 6.06. The second-order valence-electron chi connectivity index (χ2n) is 9.29. The first-order chi connectivity index (χ1) is 18.2. The van der Waals surface area contributed by atoms with E-state index in [0.29, 0.717) is 28.5 Å². The zero-order chi connectivity index (χ0) is 27.3. The van der Waals surface area contributed by atoms with Crippen LogP contribution in [0, 0.1) is 0 Å². The van der Waals surface area contributed by atoms with Crippen molar-refractivity contribution < 1.29 is 28.5 Å². The van der Waals surface area contributed by atoms with Crippen LogP contribution >= 0.6 is 0 Å². The third-order valence-electron chi connectivity index (χ3n) is 6.14. The van der Waals surface area contributed by atoms with Gasteiger partial charge in [-0.3, -0.25) is 4.79 Å². The topological polar surface area (TPSA) is 74.3 Å². The third kappa shape index (κ3) is 5.89. The Bertz CT molecular complexity index is 1410. The molecule has 0 saturated heterocycles. The molecule has 0 fully saturated rings. The summed E-state index contributed by atoms with van der Waals surface area (Å²) in [4.78, 5) is 27.2. The van der Waals surface area contributed by atoms with Crippen molar-refractivity contribution in [1.29, 1.82) is 0 Å². The molecule has 7 heteroatoms. The summed E-state index contributed by atoms with van der Waals surface area (Å²) in [5.74, 6) is 1.11. The normalized spacial score (nSPS) is 13.4. The van der Waals surface area contributed by atoms with Gasteiger partial charge in [0.15, 0.2) is 11.5 Å². The van der Waals surface area contributed by atoms with Gasteiger partial charge >= 0.3 is 5.97 Å². The predicted octanol–water partition coefficient (Wildman–Crippen LogP) is 5.92. The molecule has 0 spiro atoms. The standard InChI is InChI=1S/C31H31NO6/c1-31(2)17-16-22-13-14-24(28(37-5)29(22)38-31)20-32(30(34)23-9-7-11-26(19-23)35-3)25-10-6-8-21(18-25)12-15-27(33)36-4/h6-19H,20H2,1-5H3/b15-12+. The van der Waals surface area contributed by atoms with Crippen molar-refractivity contribution in [2.24, 2.45) is 0 Å². The molecule has 0 N–H and O–H groups in total. The molecule has 0 radical (unpaired) electrons. The van der Waals surface area contributed by atoms with Crippen molar-refractivity contribution in [2.75, 3.05) is 26.2 Å². The fourth-order valence-electron chi connectivity index (χ4n) is 4.18. The van der Waals surface area contributed by atoms with Crippen LogP contribution in [0.2, 0.25) is 0 Å². The van der Waals surface area contributed by atoms with Gasteiger partial charge in [-0.2, -0.15) is 0 Å². The summed E-state index contributed by atoms with van der Waals surface area (Å²) in [5.41, 5.74) is 3.05. The van der Waals surface area contributed by atoms with Crippen molar-refractivity contribution >= 4 is 29.7 Å². The second kappa shape index (κ2) is 11.3. The molecule has 4 rings (SSSR count). The zero-order valence-corrected chi connectivity index (χ0v) is 22.2. The maximum Gasteiger partial charge on any atom is 0.330 e. The van der Waals surface area contributed by atoms with Crippen LogP contribution in [-0.2, 0) is 16.1 Å². The van der Waals surface area contributed by atoms with E-state index < -0.39 is 11.6 Å². The van der Waals surface area contributed by atoms with Crippen molar-refractivity contribution in [3.8, 4) is 17.2 Å². The number of rotatable bonds is 8. The Balaban J connectivity index is 1.78. The van der Waals surface area contributed by atoms with Crippen LogP contribution in [0.1, 0.15) is 40.9 Å². The molecule has 0 unspecified atom stereocenters. The van der Waals surface area contributed by atoms with Crippen LogP contribution in [0.5, 0.6) is 17.2 Å². The minimum atomic E-state index is -0.491. The first-order valence-electron chi connectivity index (χ1n) is 12.1. The van der Waals surface area contributed by atoms with Gasteiger partial charge in [0.1, 0.15) is 11.4 Å². The van der Waals surface area contributed by atoms with E-state index in [1.165, 1.54) is 13.2 Å². The number of hydrogen-bond donors (Lipinski definition) is 0. The maximum absolute atomic E-state index is 13.9. The molecule has 3 aromatic rings. The summed E-state index contributed by atoms with van der Waals surface area (Å²) in [6.45, 7) is 4.17. The van der Waals surface area contributed by atoms with Crippen molar-refractivity contribution in [3.05, 3.63) is 95.1 Å². The molecule has 38 heavy (non-hydrogen) atoms. The highest BCUT2D eigenvalue weighted by atomic mass is 16.5. The van der Waals surface area contributed by atoms with Gasteiger partial charge in [0.2, 0.25) is 0 Å². The molecular formula is C31H31NO6. The molecular weight excluding hydrogens is 482 g/mol. The summed E-state index contributed by atoms with van der Waals surface area (Å²) in [6.07, 6.45) is 7.00. The molecule has 1 heterocycles. The minimum absolute atomic E-state index is 0.212. The molecule has 1 amide bonds. The quantitative estimate of drug-likeness (QED) is 0.275. The Hall–Kier alpha value is -4.52. The van der Waals surface area contributed by atoms with E-state index in [1.807, 2.05) is 62.4 Å². The van der Waals surface area contributed by atoms with Gasteiger partial charge in [0.25, 0.3) is 5.91 Å². The highest BCUT2D eigenvalue weighted by Crippen LogP contribution is 2.42. The number of amides is 1. The molecule has 196 valence electrons. The van der Waals surface area contributed by atoms with Gasteiger partial charge in [0, 0.05) is 28.5 Å². The van der Waals surface area contributed by atoms with E-state index in [0.717, 1.165) is 16.7 Å². The monoisotopic (exact) mass is 513 g/mol. The van der Waals surface area contributed by atoms with Gasteiger partial charge < -0.3 is 23.8 Å². The third-order valence-corrected chi connectivity index (χ3v) is 6.14. The number of hydrogen-bond acceptors (Lipinski definition) is 6. The number of anilines is 1. The van der Waals surface area contributed by atoms with Gasteiger partial charge in [-0.05, 0) is 61.9 Å². The van der Waals surface area contributed by atoms with Crippen LogP contribution in [0.15, 0.2) is 72.8 Å². The Morgan fingerprint density at radius 3 is 2.50 bits per heavy atom. The predicted molar refractivity (Wildman–Crippen MR) is 148 cm³/mol. The van der Waals surface area contributed by atoms with Crippen LogP contribution in [0.4, 0.5) is 5.69 Å². The molecule has 1 aliphatic rings.